The van der Waals surface area contributed by atoms with Crippen molar-refractivity contribution in [2.24, 2.45) is 0 Å². The van der Waals surface area contributed by atoms with E-state index in [1.807, 2.05) is 71.1 Å². The average Bonchev–Trinajstić information content (AvgIpc) is 3.23. The number of hydrogen-bond acceptors (Lipinski definition) is 4. The van der Waals surface area contributed by atoms with Crippen molar-refractivity contribution in [1.82, 2.24) is 14.4 Å². The summed E-state index contributed by atoms with van der Waals surface area (Å²) >= 11 is 0. The van der Waals surface area contributed by atoms with E-state index < -0.39 is 0 Å². The Morgan fingerprint density at radius 2 is 1.71 bits per heavy atom. The van der Waals surface area contributed by atoms with Crippen molar-refractivity contribution < 1.29 is 9.53 Å². The minimum atomic E-state index is -0.364. The van der Waals surface area contributed by atoms with Crippen LogP contribution in [0.5, 0.6) is 5.75 Å². The molecule has 3 heterocycles. The van der Waals surface area contributed by atoms with E-state index in [2.05, 4.69) is 27.4 Å². The van der Waals surface area contributed by atoms with Crippen LogP contribution in [0.2, 0.25) is 0 Å². The number of carbonyl (C=O) groups excluding carboxylic acids is 1. The van der Waals surface area contributed by atoms with Crippen LogP contribution in [0, 0.1) is 0 Å². The molecule has 0 saturated heterocycles. The van der Waals surface area contributed by atoms with Gasteiger partial charge < -0.3 is 10.1 Å². The van der Waals surface area contributed by atoms with Crippen LogP contribution in [0.1, 0.15) is 29.0 Å². The first kappa shape index (κ1) is 20.2. The standard InChI is InChI=1S/C27H22N4O3/c32-23-16-20(18-10-12-19(13-11-18)34-15-14-17-6-2-1-3-7-17)24-25(29-23)31-22-9-5-4-8-21(22)28-27(31)30-26(24)33/h1-13,20H,14-16H2,(H,29,32)(H,28,30,33). The van der Waals surface area contributed by atoms with Crippen LogP contribution >= 0.6 is 0 Å². The van der Waals surface area contributed by atoms with E-state index >= 15 is 0 Å². The number of hydrogen-bond donors (Lipinski definition) is 2. The number of para-hydroxylation sites is 2. The zero-order valence-corrected chi connectivity index (χ0v) is 18.3. The molecule has 7 heteroatoms. The molecule has 1 aliphatic rings. The largest absolute Gasteiger partial charge is 0.493 e. The Balaban J connectivity index is 1.33. The molecule has 1 unspecified atom stereocenters. The number of carbonyl (C=O) groups is 1. The molecule has 5 aromatic rings. The fraction of sp³-hybridized carbons (Fsp3) is 0.148. The minimum Gasteiger partial charge on any atom is -0.493 e. The van der Waals surface area contributed by atoms with Gasteiger partial charge in [0, 0.05) is 18.8 Å². The van der Waals surface area contributed by atoms with Gasteiger partial charge in [0.2, 0.25) is 11.7 Å². The number of H-pyrrole nitrogens is 1. The van der Waals surface area contributed by atoms with E-state index in [0.29, 0.717) is 23.8 Å². The van der Waals surface area contributed by atoms with Crippen LogP contribution < -0.4 is 15.6 Å². The van der Waals surface area contributed by atoms with Gasteiger partial charge in [0.1, 0.15) is 11.6 Å². The quantitative estimate of drug-likeness (QED) is 0.419. The smallest absolute Gasteiger partial charge is 0.258 e. The Hall–Kier alpha value is -4.39. The van der Waals surface area contributed by atoms with Crippen molar-refractivity contribution in [3.05, 3.63) is 106 Å². The summed E-state index contributed by atoms with van der Waals surface area (Å²) < 4.78 is 7.72. The van der Waals surface area contributed by atoms with Gasteiger partial charge in [-0.25, -0.2) is 4.98 Å². The molecule has 2 N–H and O–H groups in total. The van der Waals surface area contributed by atoms with Gasteiger partial charge in [-0.1, -0.05) is 54.6 Å². The molecule has 7 nitrogen and oxygen atoms in total. The highest BCUT2D eigenvalue weighted by molar-refractivity contribution is 5.96. The molecule has 1 aliphatic heterocycles. The van der Waals surface area contributed by atoms with Crippen molar-refractivity contribution in [2.45, 2.75) is 18.8 Å². The van der Waals surface area contributed by atoms with E-state index in [4.69, 9.17) is 4.74 Å². The van der Waals surface area contributed by atoms with Gasteiger partial charge in [-0.15, -0.1) is 0 Å². The Morgan fingerprint density at radius 3 is 2.53 bits per heavy atom. The predicted octanol–water partition coefficient (Wildman–Crippen LogP) is 4.27. The first-order valence-electron chi connectivity index (χ1n) is 11.3. The van der Waals surface area contributed by atoms with E-state index in [-0.39, 0.29) is 23.8 Å². The summed E-state index contributed by atoms with van der Waals surface area (Å²) in [5.41, 5.74) is 3.98. The monoisotopic (exact) mass is 450 g/mol. The van der Waals surface area contributed by atoms with Gasteiger partial charge >= 0.3 is 0 Å². The number of imidazole rings is 1. The third-order valence-electron chi connectivity index (χ3n) is 6.29. The lowest BCUT2D eigenvalue weighted by molar-refractivity contribution is -0.116. The van der Waals surface area contributed by atoms with Gasteiger partial charge in [0.05, 0.1) is 23.2 Å². The van der Waals surface area contributed by atoms with Crippen molar-refractivity contribution >= 4 is 28.5 Å². The number of ether oxygens (including phenoxy) is 1. The molecule has 0 spiro atoms. The summed E-state index contributed by atoms with van der Waals surface area (Å²) in [5.74, 6) is 1.15. The topological polar surface area (TPSA) is 88.5 Å². The molecule has 0 radical (unpaired) electrons. The molecule has 1 amide bonds. The molecule has 0 bridgehead atoms. The molecule has 168 valence electrons. The van der Waals surface area contributed by atoms with Crippen LogP contribution in [-0.2, 0) is 11.2 Å². The molecule has 6 rings (SSSR count). The lowest BCUT2D eigenvalue weighted by Crippen LogP contribution is -2.32. The first-order chi connectivity index (χ1) is 16.7. The van der Waals surface area contributed by atoms with Crippen LogP contribution in [-0.4, -0.2) is 26.9 Å². The molecule has 2 aromatic heterocycles. The number of nitrogens with one attached hydrogen (secondary N) is 2. The first-order valence-corrected chi connectivity index (χ1v) is 11.3. The molecule has 0 aliphatic carbocycles. The van der Waals surface area contributed by atoms with Gasteiger partial charge in [-0.3, -0.25) is 19.0 Å². The molecule has 0 saturated carbocycles. The molecular formula is C27H22N4O3. The number of benzene rings is 3. The SMILES string of the molecule is O=C1CC(c2ccc(OCCc3ccccc3)cc2)c2c(n3c(nc4ccccc43)[nH]c2=O)N1. The van der Waals surface area contributed by atoms with Gasteiger partial charge in [0.15, 0.2) is 0 Å². The van der Waals surface area contributed by atoms with Gasteiger partial charge in [-0.2, -0.15) is 0 Å². The van der Waals surface area contributed by atoms with Crippen LogP contribution in [0.25, 0.3) is 16.8 Å². The minimum absolute atomic E-state index is 0.134. The zero-order chi connectivity index (χ0) is 23.1. The van der Waals surface area contributed by atoms with Crippen molar-refractivity contribution in [1.29, 1.82) is 0 Å². The fourth-order valence-electron chi connectivity index (χ4n) is 4.66. The van der Waals surface area contributed by atoms with Crippen LogP contribution in [0.3, 0.4) is 0 Å². The van der Waals surface area contributed by atoms with Crippen molar-refractivity contribution in [3.63, 3.8) is 0 Å². The molecule has 3 aromatic carbocycles. The highest BCUT2D eigenvalue weighted by Gasteiger charge is 2.32. The summed E-state index contributed by atoms with van der Waals surface area (Å²) in [6, 6.07) is 25.4. The third-order valence-corrected chi connectivity index (χ3v) is 6.29. The van der Waals surface area contributed by atoms with Crippen LogP contribution in [0.4, 0.5) is 5.82 Å². The summed E-state index contributed by atoms with van der Waals surface area (Å²) in [6.45, 7) is 0.573. The average molecular weight is 450 g/mol. The molecule has 34 heavy (non-hydrogen) atoms. The molecule has 1 atom stereocenters. The molecular weight excluding hydrogens is 428 g/mol. The van der Waals surface area contributed by atoms with E-state index in [1.54, 1.807) is 0 Å². The fourth-order valence-corrected chi connectivity index (χ4v) is 4.66. The maximum atomic E-state index is 13.1. The summed E-state index contributed by atoms with van der Waals surface area (Å²) in [7, 11) is 0. The second kappa shape index (κ2) is 8.19. The van der Waals surface area contributed by atoms with Gasteiger partial charge in [0.25, 0.3) is 5.56 Å². The maximum Gasteiger partial charge on any atom is 0.258 e. The molecule has 0 fully saturated rings. The number of amides is 1. The number of nitrogens with zero attached hydrogens (tertiary/aromatic N) is 2. The Bertz CT molecular complexity index is 1570. The van der Waals surface area contributed by atoms with E-state index in [1.165, 1.54) is 5.56 Å². The second-order valence-electron chi connectivity index (χ2n) is 8.43. The van der Waals surface area contributed by atoms with E-state index in [0.717, 1.165) is 28.8 Å². The normalized spacial score (nSPS) is 15.3. The lowest BCUT2D eigenvalue weighted by atomic mass is 9.87. The highest BCUT2D eigenvalue weighted by Crippen LogP contribution is 2.36. The number of aromatic nitrogens is 3. The zero-order valence-electron chi connectivity index (χ0n) is 18.3. The number of fused-ring (bicyclic) bond motifs is 5. The summed E-state index contributed by atoms with van der Waals surface area (Å²) in [5, 5.41) is 2.92. The maximum absolute atomic E-state index is 13.1. The summed E-state index contributed by atoms with van der Waals surface area (Å²) in [4.78, 5) is 33.2. The Kier molecular flexibility index (Phi) is 4.87. The third kappa shape index (κ3) is 3.51. The van der Waals surface area contributed by atoms with Crippen LogP contribution in [0.15, 0.2) is 83.7 Å². The number of anilines is 1. The van der Waals surface area contributed by atoms with Crippen molar-refractivity contribution in [3.8, 4) is 5.75 Å². The number of aromatic amines is 1. The summed E-state index contributed by atoms with van der Waals surface area (Å²) in [6.07, 6.45) is 1.02. The van der Waals surface area contributed by atoms with E-state index in [9.17, 15) is 9.59 Å². The predicted molar refractivity (Wildman–Crippen MR) is 130 cm³/mol. The van der Waals surface area contributed by atoms with Crippen molar-refractivity contribution in [2.75, 3.05) is 11.9 Å². The lowest BCUT2D eigenvalue weighted by Gasteiger charge is -2.26. The Morgan fingerprint density at radius 1 is 0.941 bits per heavy atom. The number of rotatable bonds is 5. The highest BCUT2D eigenvalue weighted by atomic mass is 16.5. The Labute approximate surface area is 195 Å². The van der Waals surface area contributed by atoms with Gasteiger partial charge in [-0.05, 0) is 35.4 Å². The second-order valence-corrected chi connectivity index (χ2v) is 8.43.